The Morgan fingerprint density at radius 3 is 2.14 bits per heavy atom. The van der Waals surface area contributed by atoms with Gasteiger partial charge in [0, 0.05) is 0 Å². The molecule has 2 heteroatoms. The third-order valence-corrected chi connectivity index (χ3v) is 0.517. The molecule has 38 valence electrons. The summed E-state index contributed by atoms with van der Waals surface area (Å²) in [7, 11) is 0. The number of hydrogen-bond acceptors (Lipinski definition) is 2. The first kappa shape index (κ1) is 6.08. The van der Waals surface area contributed by atoms with E-state index < -0.39 is 0 Å². The van der Waals surface area contributed by atoms with Crippen molar-refractivity contribution in [1.82, 2.24) is 0 Å². The zero-order valence-corrected chi connectivity index (χ0v) is 4.05. The van der Waals surface area contributed by atoms with Gasteiger partial charge in [-0.1, -0.05) is 0 Å². The number of allylic oxidation sites excluding steroid dienone is 2. The Morgan fingerprint density at radius 1 is 1.43 bits per heavy atom. The molecule has 7 heavy (non-hydrogen) atoms. The average molecular weight is 98.1 g/mol. The van der Waals surface area contributed by atoms with Crippen molar-refractivity contribution in [2.75, 3.05) is 0 Å². The Bertz CT molecular complexity index is 103. The number of carbonyl (C=O) groups is 2. The van der Waals surface area contributed by atoms with E-state index in [1.807, 2.05) is 0 Å². The van der Waals surface area contributed by atoms with Gasteiger partial charge in [0.2, 0.25) is 0 Å². The smallest absolute Gasteiger partial charge is 0.145 e. The highest BCUT2D eigenvalue weighted by atomic mass is 16.1. The fourth-order valence-corrected chi connectivity index (χ4v) is 0.147. The molecule has 0 N–H and O–H groups in total. The normalized spacial score (nSPS) is 10.7. The lowest BCUT2D eigenvalue weighted by Crippen LogP contribution is -1.74. The van der Waals surface area contributed by atoms with Gasteiger partial charge in [-0.2, -0.15) is 0 Å². The standard InChI is InChI=1S/C5H6O2/c1-5(4-7)2-3-6/h2-4H,1H3. The molecule has 0 aliphatic carbocycles. The number of rotatable bonds is 2. The fraction of sp³-hybridized carbons (Fsp3) is 0.200. The van der Waals surface area contributed by atoms with Crippen molar-refractivity contribution in [2.24, 2.45) is 0 Å². The summed E-state index contributed by atoms with van der Waals surface area (Å²) in [5.74, 6) is 0. The summed E-state index contributed by atoms with van der Waals surface area (Å²) < 4.78 is 0. The lowest BCUT2D eigenvalue weighted by Gasteiger charge is -1.73. The lowest BCUT2D eigenvalue weighted by atomic mass is 10.3. The third kappa shape index (κ3) is 2.89. The van der Waals surface area contributed by atoms with Crippen LogP contribution >= 0.6 is 0 Å². The van der Waals surface area contributed by atoms with Crippen molar-refractivity contribution < 1.29 is 9.59 Å². The van der Waals surface area contributed by atoms with Crippen molar-refractivity contribution >= 4 is 12.6 Å². The molecule has 0 rings (SSSR count). The molecule has 0 aliphatic heterocycles. The maximum absolute atomic E-state index is 9.67. The van der Waals surface area contributed by atoms with Crippen LogP contribution in [0, 0.1) is 0 Å². The van der Waals surface area contributed by atoms with E-state index in [4.69, 9.17) is 0 Å². The van der Waals surface area contributed by atoms with Gasteiger partial charge < -0.3 is 0 Å². The quantitative estimate of drug-likeness (QED) is 0.368. The molecular formula is C5H6O2. The summed E-state index contributed by atoms with van der Waals surface area (Å²) >= 11 is 0. The summed E-state index contributed by atoms with van der Waals surface area (Å²) in [6, 6.07) is 0. The van der Waals surface area contributed by atoms with Crippen LogP contribution in [0.2, 0.25) is 0 Å². The van der Waals surface area contributed by atoms with Crippen LogP contribution in [0.3, 0.4) is 0 Å². The molecular weight excluding hydrogens is 92.1 g/mol. The van der Waals surface area contributed by atoms with E-state index in [0.29, 0.717) is 18.1 Å². The highest BCUT2D eigenvalue weighted by Crippen LogP contribution is 1.79. The van der Waals surface area contributed by atoms with Gasteiger partial charge in [0.25, 0.3) is 0 Å². The van der Waals surface area contributed by atoms with Crippen molar-refractivity contribution in [3.63, 3.8) is 0 Å². The molecule has 0 saturated heterocycles. The van der Waals surface area contributed by atoms with Crippen molar-refractivity contribution in [3.8, 4) is 0 Å². The first-order valence-corrected chi connectivity index (χ1v) is 1.88. The van der Waals surface area contributed by atoms with Crippen LogP contribution in [-0.2, 0) is 9.59 Å². The maximum Gasteiger partial charge on any atom is 0.145 e. The molecule has 0 aromatic rings. The van der Waals surface area contributed by atoms with Gasteiger partial charge in [-0.05, 0) is 18.6 Å². The minimum atomic E-state index is 0.454. The Hall–Kier alpha value is -0.920. The van der Waals surface area contributed by atoms with Gasteiger partial charge in [0.1, 0.15) is 12.6 Å². The SMILES string of the molecule is CC(C=O)=CC=O. The summed E-state index contributed by atoms with van der Waals surface area (Å²) in [5.41, 5.74) is 0.454. The predicted octanol–water partition coefficient (Wildman–Crippen LogP) is 0.330. The second-order valence-electron chi connectivity index (χ2n) is 1.16. The molecule has 0 aromatic heterocycles. The van der Waals surface area contributed by atoms with Crippen LogP contribution in [0.15, 0.2) is 11.6 Å². The zero-order chi connectivity index (χ0) is 5.70. The van der Waals surface area contributed by atoms with Gasteiger partial charge in [0.05, 0.1) is 0 Å². The Labute approximate surface area is 41.8 Å². The van der Waals surface area contributed by atoms with E-state index in [0.717, 1.165) is 0 Å². The van der Waals surface area contributed by atoms with Crippen molar-refractivity contribution in [1.29, 1.82) is 0 Å². The second-order valence-corrected chi connectivity index (χ2v) is 1.16. The minimum Gasteiger partial charge on any atom is -0.299 e. The van der Waals surface area contributed by atoms with Crippen LogP contribution in [0.25, 0.3) is 0 Å². The first-order valence-electron chi connectivity index (χ1n) is 1.88. The maximum atomic E-state index is 9.67. The zero-order valence-electron chi connectivity index (χ0n) is 4.05. The number of aldehydes is 2. The molecule has 0 fully saturated rings. The highest BCUT2D eigenvalue weighted by Gasteiger charge is 1.76. The molecule has 0 spiro atoms. The van der Waals surface area contributed by atoms with E-state index in [1.54, 1.807) is 6.92 Å². The Morgan fingerprint density at radius 2 is 2.00 bits per heavy atom. The molecule has 0 atom stereocenters. The van der Waals surface area contributed by atoms with E-state index >= 15 is 0 Å². The largest absolute Gasteiger partial charge is 0.299 e. The van der Waals surface area contributed by atoms with E-state index in [9.17, 15) is 9.59 Å². The molecule has 0 radical (unpaired) electrons. The summed E-state index contributed by atoms with van der Waals surface area (Å²) in [6.07, 6.45) is 2.44. The Kier molecular flexibility index (Phi) is 2.85. The molecule has 0 aromatic carbocycles. The fourth-order valence-electron chi connectivity index (χ4n) is 0.147. The molecule has 0 heterocycles. The van der Waals surface area contributed by atoms with Gasteiger partial charge in [-0.15, -0.1) is 0 Å². The molecule has 0 bridgehead atoms. The van der Waals surface area contributed by atoms with Gasteiger partial charge >= 0.3 is 0 Å². The summed E-state index contributed by atoms with van der Waals surface area (Å²) in [4.78, 5) is 19.2. The van der Waals surface area contributed by atoms with Gasteiger partial charge in [0.15, 0.2) is 0 Å². The van der Waals surface area contributed by atoms with Crippen molar-refractivity contribution in [3.05, 3.63) is 11.6 Å². The molecule has 0 aliphatic rings. The molecule has 0 saturated carbocycles. The van der Waals surface area contributed by atoms with Crippen LogP contribution in [-0.4, -0.2) is 12.6 Å². The minimum absolute atomic E-state index is 0.454. The average Bonchev–Trinajstić information content (AvgIpc) is 1.68. The predicted molar refractivity (Wildman–Crippen MR) is 25.9 cm³/mol. The number of carbonyl (C=O) groups excluding carboxylic acids is 2. The molecule has 0 unspecified atom stereocenters. The van der Waals surface area contributed by atoms with Crippen LogP contribution in [0.5, 0.6) is 0 Å². The Balaban J connectivity index is 3.72. The number of hydrogen-bond donors (Lipinski definition) is 0. The summed E-state index contributed by atoms with van der Waals surface area (Å²) in [6.45, 7) is 1.57. The van der Waals surface area contributed by atoms with Gasteiger partial charge in [-0.3, -0.25) is 9.59 Å². The van der Waals surface area contributed by atoms with E-state index in [2.05, 4.69) is 0 Å². The summed E-state index contributed by atoms with van der Waals surface area (Å²) in [5, 5.41) is 0. The van der Waals surface area contributed by atoms with E-state index in [1.165, 1.54) is 6.08 Å². The van der Waals surface area contributed by atoms with Crippen LogP contribution in [0.4, 0.5) is 0 Å². The van der Waals surface area contributed by atoms with E-state index in [-0.39, 0.29) is 0 Å². The second kappa shape index (κ2) is 3.28. The highest BCUT2D eigenvalue weighted by molar-refractivity contribution is 5.80. The third-order valence-electron chi connectivity index (χ3n) is 0.517. The van der Waals surface area contributed by atoms with Crippen LogP contribution in [0.1, 0.15) is 6.92 Å². The lowest BCUT2D eigenvalue weighted by molar-refractivity contribution is -0.106. The molecule has 2 nitrogen and oxygen atoms in total. The molecule has 0 amide bonds. The van der Waals surface area contributed by atoms with Crippen LogP contribution < -0.4 is 0 Å². The topological polar surface area (TPSA) is 34.1 Å². The first-order chi connectivity index (χ1) is 3.31. The monoisotopic (exact) mass is 98.0 g/mol. The van der Waals surface area contributed by atoms with Gasteiger partial charge in [-0.25, -0.2) is 0 Å². The van der Waals surface area contributed by atoms with Crippen molar-refractivity contribution in [2.45, 2.75) is 6.92 Å².